The van der Waals surface area contributed by atoms with Gasteiger partial charge < -0.3 is 15.5 Å². The third-order valence-corrected chi connectivity index (χ3v) is 5.26. The Balaban J connectivity index is 1.34. The van der Waals surface area contributed by atoms with Gasteiger partial charge in [-0.3, -0.25) is 4.79 Å². The third kappa shape index (κ3) is 3.94. The molecule has 2 N–H and O–H groups in total. The zero-order valence-electron chi connectivity index (χ0n) is 15.2. The van der Waals surface area contributed by atoms with Crippen LogP contribution in [0.5, 0.6) is 0 Å². The summed E-state index contributed by atoms with van der Waals surface area (Å²) in [6, 6.07) is 11.4. The number of hydrogen-bond donors (Lipinski definition) is 2. The van der Waals surface area contributed by atoms with Crippen LogP contribution in [-0.4, -0.2) is 22.9 Å². The molecule has 1 heterocycles. The fourth-order valence-corrected chi connectivity index (χ4v) is 3.42. The van der Waals surface area contributed by atoms with Gasteiger partial charge in [0.05, 0.1) is 0 Å². The van der Waals surface area contributed by atoms with E-state index in [1.807, 2.05) is 6.92 Å². The molecule has 1 atom stereocenters. The van der Waals surface area contributed by atoms with E-state index in [1.54, 1.807) is 35.2 Å². The molecule has 3 amide bonds. The minimum absolute atomic E-state index is 0.0932. The summed E-state index contributed by atoms with van der Waals surface area (Å²) in [6.45, 7) is 2.88. The van der Waals surface area contributed by atoms with Gasteiger partial charge in [-0.2, -0.15) is 0 Å². The Morgan fingerprint density at radius 3 is 2.48 bits per heavy atom. The van der Waals surface area contributed by atoms with Crippen molar-refractivity contribution in [3.8, 4) is 0 Å². The van der Waals surface area contributed by atoms with E-state index in [-0.39, 0.29) is 23.8 Å². The van der Waals surface area contributed by atoms with Gasteiger partial charge >= 0.3 is 6.03 Å². The summed E-state index contributed by atoms with van der Waals surface area (Å²) in [5, 5.41) is 5.84. The molecule has 2 aromatic rings. The van der Waals surface area contributed by atoms with Crippen LogP contribution < -0.4 is 10.6 Å². The highest BCUT2D eigenvalue weighted by Gasteiger charge is 2.29. The summed E-state index contributed by atoms with van der Waals surface area (Å²) in [4.78, 5) is 26.3. The molecular formula is C21H22FN3O2. The van der Waals surface area contributed by atoms with Crippen LogP contribution >= 0.6 is 0 Å². The Hall–Kier alpha value is -2.89. The number of anilines is 1. The molecule has 6 heteroatoms. The number of halogens is 1. The smallest absolute Gasteiger partial charge is 0.322 e. The van der Waals surface area contributed by atoms with Crippen molar-refractivity contribution in [3.63, 3.8) is 0 Å². The quantitative estimate of drug-likeness (QED) is 0.861. The molecule has 0 bridgehead atoms. The second-order valence-electron chi connectivity index (χ2n) is 7.38. The van der Waals surface area contributed by atoms with Crippen LogP contribution in [0.4, 0.5) is 14.9 Å². The Bertz CT molecular complexity index is 877. The number of carbonyl (C=O) groups is 2. The van der Waals surface area contributed by atoms with Gasteiger partial charge in [0.25, 0.3) is 5.91 Å². The van der Waals surface area contributed by atoms with Gasteiger partial charge in [-0.15, -0.1) is 0 Å². The predicted octanol–water partition coefficient (Wildman–Crippen LogP) is 3.90. The van der Waals surface area contributed by atoms with Gasteiger partial charge in [-0.05, 0) is 73.2 Å². The number of amides is 3. The number of hydrogen-bond acceptors (Lipinski definition) is 2. The zero-order valence-corrected chi connectivity index (χ0v) is 15.2. The van der Waals surface area contributed by atoms with Crippen LogP contribution in [0.15, 0.2) is 42.5 Å². The standard InChI is InChI=1S/C21H22FN3O2/c1-13(14-2-3-14)23-20(26)15-5-8-19(9-6-15)24-21(27)25-11-16-4-7-18(22)10-17(16)12-25/h4-10,13-14H,2-3,11-12H2,1H3,(H,23,26)(H,24,27)/t13-/m0/s1. The van der Waals surface area contributed by atoms with E-state index in [1.165, 1.54) is 25.0 Å². The molecule has 4 rings (SSSR count). The van der Waals surface area contributed by atoms with Crippen LogP contribution in [0, 0.1) is 11.7 Å². The molecule has 0 aromatic heterocycles. The summed E-state index contributed by atoms with van der Waals surface area (Å²) >= 11 is 0. The largest absolute Gasteiger partial charge is 0.349 e. The number of rotatable bonds is 4. The molecule has 2 aliphatic rings. The lowest BCUT2D eigenvalue weighted by Crippen LogP contribution is -2.34. The Morgan fingerprint density at radius 1 is 1.07 bits per heavy atom. The van der Waals surface area contributed by atoms with Crippen LogP contribution in [-0.2, 0) is 13.1 Å². The van der Waals surface area contributed by atoms with E-state index in [0.717, 1.165) is 11.1 Å². The molecule has 5 nitrogen and oxygen atoms in total. The summed E-state index contributed by atoms with van der Waals surface area (Å²) in [5.74, 6) is 0.218. The van der Waals surface area contributed by atoms with E-state index >= 15 is 0 Å². The average molecular weight is 367 g/mol. The van der Waals surface area contributed by atoms with Crippen LogP contribution in [0.1, 0.15) is 41.3 Å². The van der Waals surface area contributed by atoms with Crippen LogP contribution in [0.3, 0.4) is 0 Å². The maximum absolute atomic E-state index is 13.3. The predicted molar refractivity (Wildman–Crippen MR) is 101 cm³/mol. The minimum Gasteiger partial charge on any atom is -0.349 e. The second kappa shape index (κ2) is 7.02. The Labute approximate surface area is 157 Å². The first-order chi connectivity index (χ1) is 13.0. The van der Waals surface area contributed by atoms with Crippen molar-refractivity contribution in [2.45, 2.75) is 38.9 Å². The molecule has 1 aliphatic carbocycles. The summed E-state index contributed by atoms with van der Waals surface area (Å²) in [5.41, 5.74) is 2.99. The summed E-state index contributed by atoms with van der Waals surface area (Å²) in [7, 11) is 0. The fraction of sp³-hybridized carbons (Fsp3) is 0.333. The number of nitrogens with one attached hydrogen (secondary N) is 2. The van der Waals surface area contributed by atoms with Crippen LogP contribution in [0.2, 0.25) is 0 Å². The van der Waals surface area contributed by atoms with E-state index in [4.69, 9.17) is 0 Å². The highest BCUT2D eigenvalue weighted by Crippen LogP contribution is 2.32. The Morgan fingerprint density at radius 2 is 1.78 bits per heavy atom. The van der Waals surface area contributed by atoms with Crippen molar-refractivity contribution >= 4 is 17.6 Å². The first kappa shape index (κ1) is 17.5. The van der Waals surface area contributed by atoms with E-state index in [0.29, 0.717) is 30.3 Å². The first-order valence-corrected chi connectivity index (χ1v) is 9.24. The van der Waals surface area contributed by atoms with Crippen molar-refractivity contribution < 1.29 is 14.0 Å². The van der Waals surface area contributed by atoms with E-state index in [2.05, 4.69) is 10.6 Å². The molecule has 2 aromatic carbocycles. The Kier molecular flexibility index (Phi) is 4.56. The molecule has 0 unspecified atom stereocenters. The number of carbonyl (C=O) groups excluding carboxylic acids is 2. The van der Waals surface area contributed by atoms with Crippen molar-refractivity contribution in [1.29, 1.82) is 0 Å². The molecule has 140 valence electrons. The average Bonchev–Trinajstić information content (AvgIpc) is 3.42. The number of fused-ring (bicyclic) bond motifs is 1. The van der Waals surface area contributed by atoms with Gasteiger partial charge in [-0.25, -0.2) is 9.18 Å². The normalized spacial score (nSPS) is 16.6. The lowest BCUT2D eigenvalue weighted by molar-refractivity contribution is 0.0936. The second-order valence-corrected chi connectivity index (χ2v) is 7.38. The van der Waals surface area contributed by atoms with E-state index in [9.17, 15) is 14.0 Å². The molecule has 1 aliphatic heterocycles. The van der Waals surface area contributed by atoms with Gasteiger partial charge in [0.15, 0.2) is 0 Å². The summed E-state index contributed by atoms with van der Waals surface area (Å²) in [6.07, 6.45) is 2.36. The van der Waals surface area contributed by atoms with Crippen molar-refractivity contribution in [2.75, 3.05) is 5.32 Å². The zero-order chi connectivity index (χ0) is 19.0. The van der Waals surface area contributed by atoms with Crippen molar-refractivity contribution in [2.24, 2.45) is 5.92 Å². The van der Waals surface area contributed by atoms with Gasteiger partial charge in [0.1, 0.15) is 5.82 Å². The highest BCUT2D eigenvalue weighted by atomic mass is 19.1. The van der Waals surface area contributed by atoms with E-state index < -0.39 is 0 Å². The lowest BCUT2D eigenvalue weighted by Gasteiger charge is -2.17. The molecule has 0 radical (unpaired) electrons. The monoisotopic (exact) mass is 367 g/mol. The number of nitrogens with zero attached hydrogens (tertiary/aromatic N) is 1. The summed E-state index contributed by atoms with van der Waals surface area (Å²) < 4.78 is 13.3. The highest BCUT2D eigenvalue weighted by molar-refractivity contribution is 5.95. The molecule has 0 spiro atoms. The minimum atomic E-state index is -0.291. The number of benzene rings is 2. The first-order valence-electron chi connectivity index (χ1n) is 9.24. The van der Waals surface area contributed by atoms with Gasteiger partial charge in [0.2, 0.25) is 0 Å². The van der Waals surface area contributed by atoms with Crippen molar-refractivity contribution in [1.82, 2.24) is 10.2 Å². The van der Waals surface area contributed by atoms with Gasteiger partial charge in [-0.1, -0.05) is 6.07 Å². The SMILES string of the molecule is C[C@H](NC(=O)c1ccc(NC(=O)N2Cc3ccc(F)cc3C2)cc1)C1CC1. The molecule has 27 heavy (non-hydrogen) atoms. The topological polar surface area (TPSA) is 61.4 Å². The van der Waals surface area contributed by atoms with Crippen LogP contribution in [0.25, 0.3) is 0 Å². The van der Waals surface area contributed by atoms with Crippen molar-refractivity contribution in [3.05, 3.63) is 65.0 Å². The molecular weight excluding hydrogens is 345 g/mol. The van der Waals surface area contributed by atoms with Gasteiger partial charge in [0, 0.05) is 30.4 Å². The molecule has 1 fully saturated rings. The fourth-order valence-electron chi connectivity index (χ4n) is 3.42. The maximum Gasteiger partial charge on any atom is 0.322 e. The number of urea groups is 1. The lowest BCUT2D eigenvalue weighted by atomic mass is 10.1. The maximum atomic E-state index is 13.3. The molecule has 1 saturated carbocycles. The molecule has 0 saturated heterocycles. The third-order valence-electron chi connectivity index (χ3n) is 5.26.